The summed E-state index contributed by atoms with van der Waals surface area (Å²) in [6, 6.07) is 0.441. The van der Waals surface area contributed by atoms with E-state index in [1.54, 1.807) is 11.9 Å². The molecule has 3 N–H and O–H groups in total. The summed E-state index contributed by atoms with van der Waals surface area (Å²) < 4.78 is 0. The number of carbonyl (C=O) groups is 3. The molecule has 0 spiro atoms. The van der Waals surface area contributed by atoms with Crippen molar-refractivity contribution in [1.82, 2.24) is 15.1 Å². The second-order valence-electron chi connectivity index (χ2n) is 8.71. The van der Waals surface area contributed by atoms with Gasteiger partial charge in [-0.05, 0) is 38.0 Å². The molecule has 4 bridgehead atoms. The minimum Gasteiger partial charge on any atom is -0.353 e. The average molecular weight is 390 g/mol. The number of nitrogens with one attached hydrogen (secondary N) is 1. The molecule has 28 heavy (non-hydrogen) atoms. The number of piperidine rings is 1. The van der Waals surface area contributed by atoms with Crippen LogP contribution in [0.3, 0.4) is 0 Å². The van der Waals surface area contributed by atoms with Gasteiger partial charge in [-0.1, -0.05) is 19.8 Å². The van der Waals surface area contributed by atoms with Gasteiger partial charge in [-0.2, -0.15) is 5.26 Å². The lowest BCUT2D eigenvalue weighted by atomic mass is 9.90. The Balaban J connectivity index is 1.89. The monoisotopic (exact) mass is 389 g/mol. The summed E-state index contributed by atoms with van der Waals surface area (Å²) in [5.41, 5.74) is 6.11. The summed E-state index contributed by atoms with van der Waals surface area (Å²) in [4.78, 5) is 41.4. The van der Waals surface area contributed by atoms with Gasteiger partial charge >= 0.3 is 0 Å². The number of nitrogens with two attached hydrogens (primary N) is 1. The van der Waals surface area contributed by atoms with E-state index in [2.05, 4.69) is 11.4 Å². The van der Waals surface area contributed by atoms with E-state index in [-0.39, 0.29) is 35.6 Å². The number of carbonyl (C=O) groups excluding carboxylic acids is 3. The Morgan fingerprint density at radius 1 is 1.11 bits per heavy atom. The zero-order chi connectivity index (χ0) is 20.4. The molecule has 0 aromatic carbocycles. The van der Waals surface area contributed by atoms with Crippen molar-refractivity contribution in [3.63, 3.8) is 0 Å². The topological polar surface area (TPSA) is 120 Å². The first kappa shape index (κ1) is 20.6. The van der Waals surface area contributed by atoms with Crippen LogP contribution in [0.4, 0.5) is 0 Å². The van der Waals surface area contributed by atoms with Crippen molar-refractivity contribution in [2.45, 2.75) is 76.0 Å². The first-order valence-corrected chi connectivity index (χ1v) is 10.3. The normalized spacial score (nSPS) is 37.7. The molecule has 0 saturated carbocycles. The SMILES string of the molecule is CC1C[C@H]2C(=O)N(C1)[C@H](C#N)C[C@@H]1C[C@@H](CCCC[C@H](N)C(=O)N2C)NC1=O. The summed E-state index contributed by atoms with van der Waals surface area (Å²) in [5.74, 6) is -0.533. The van der Waals surface area contributed by atoms with Crippen LogP contribution in [0.2, 0.25) is 0 Å². The lowest BCUT2D eigenvalue weighted by Gasteiger charge is -2.42. The van der Waals surface area contributed by atoms with E-state index in [4.69, 9.17) is 5.73 Å². The number of nitriles is 1. The molecule has 6 atom stereocenters. The molecule has 8 nitrogen and oxygen atoms in total. The highest BCUT2D eigenvalue weighted by Crippen LogP contribution is 2.29. The third-order valence-electron chi connectivity index (χ3n) is 6.47. The second-order valence-corrected chi connectivity index (χ2v) is 8.71. The standard InChI is InChI=1S/C20H31N5O3/c1-12-7-17-20(28)25(11-12)15(10-21)9-13-8-14(23-18(13)26)5-3-4-6-16(22)19(27)24(17)2/h12-17H,3-9,11,22H2,1-2H3,(H,23,26)/t12?,13-,14+,15-,16-,17-/m0/s1. The highest BCUT2D eigenvalue weighted by Gasteiger charge is 2.42. The van der Waals surface area contributed by atoms with Gasteiger partial charge in [0.1, 0.15) is 12.1 Å². The lowest BCUT2D eigenvalue weighted by Crippen LogP contribution is -2.59. The van der Waals surface area contributed by atoms with E-state index in [0.29, 0.717) is 32.2 Å². The van der Waals surface area contributed by atoms with Crippen molar-refractivity contribution in [3.8, 4) is 6.07 Å². The van der Waals surface area contributed by atoms with E-state index in [1.807, 2.05) is 6.92 Å². The summed E-state index contributed by atoms with van der Waals surface area (Å²) in [7, 11) is 1.63. The maximum atomic E-state index is 13.2. The maximum Gasteiger partial charge on any atom is 0.246 e. The predicted octanol–water partition coefficient (Wildman–Crippen LogP) is 0.370. The van der Waals surface area contributed by atoms with Gasteiger partial charge in [0, 0.05) is 25.6 Å². The van der Waals surface area contributed by atoms with E-state index in [0.717, 1.165) is 19.3 Å². The molecule has 3 aliphatic heterocycles. The van der Waals surface area contributed by atoms with Gasteiger partial charge in [0.05, 0.1) is 12.1 Å². The Morgan fingerprint density at radius 2 is 1.82 bits per heavy atom. The van der Waals surface area contributed by atoms with Gasteiger partial charge in [-0.15, -0.1) is 0 Å². The van der Waals surface area contributed by atoms with Crippen molar-refractivity contribution in [3.05, 3.63) is 0 Å². The minimum atomic E-state index is -0.658. The minimum absolute atomic E-state index is 0.0181. The fraction of sp³-hybridized carbons (Fsp3) is 0.800. The lowest BCUT2D eigenvalue weighted by molar-refractivity contribution is -0.150. The van der Waals surface area contributed by atoms with E-state index >= 15 is 0 Å². The van der Waals surface area contributed by atoms with Crippen LogP contribution in [0, 0.1) is 23.2 Å². The Labute approximate surface area is 166 Å². The number of likely N-dealkylation sites (N-methyl/N-ethyl adjacent to an activating group) is 1. The first-order chi connectivity index (χ1) is 13.3. The average Bonchev–Trinajstić information content (AvgIpc) is 3.02. The van der Waals surface area contributed by atoms with Gasteiger partial charge in [0.25, 0.3) is 0 Å². The predicted molar refractivity (Wildman–Crippen MR) is 103 cm³/mol. The quantitative estimate of drug-likeness (QED) is 0.620. The second kappa shape index (κ2) is 8.48. The molecule has 3 rings (SSSR count). The van der Waals surface area contributed by atoms with Crippen LogP contribution in [0.25, 0.3) is 0 Å². The molecule has 154 valence electrons. The molecule has 0 radical (unpaired) electrons. The van der Waals surface area contributed by atoms with Gasteiger partial charge in [-0.25, -0.2) is 0 Å². The zero-order valence-corrected chi connectivity index (χ0v) is 16.8. The van der Waals surface area contributed by atoms with Crippen LogP contribution < -0.4 is 11.1 Å². The van der Waals surface area contributed by atoms with Crippen LogP contribution in [0.5, 0.6) is 0 Å². The molecule has 1 unspecified atom stereocenters. The maximum absolute atomic E-state index is 13.2. The van der Waals surface area contributed by atoms with Crippen LogP contribution in [0.1, 0.15) is 51.9 Å². The molecule has 3 fully saturated rings. The number of hydrogen-bond donors (Lipinski definition) is 2. The third kappa shape index (κ3) is 4.14. The van der Waals surface area contributed by atoms with Gasteiger partial charge in [-0.3, -0.25) is 14.4 Å². The number of hydrogen-bond acceptors (Lipinski definition) is 5. The van der Waals surface area contributed by atoms with E-state index < -0.39 is 18.1 Å². The Kier molecular flexibility index (Phi) is 6.23. The number of amides is 3. The molecule has 3 saturated heterocycles. The molecule has 0 aliphatic carbocycles. The van der Waals surface area contributed by atoms with Crippen LogP contribution in [-0.4, -0.2) is 65.3 Å². The molecule has 0 aromatic heterocycles. The highest BCUT2D eigenvalue weighted by molar-refractivity contribution is 5.90. The Morgan fingerprint density at radius 3 is 2.54 bits per heavy atom. The molecule has 3 aliphatic rings. The summed E-state index contributed by atoms with van der Waals surface area (Å²) in [6.07, 6.45) is 4.71. The van der Waals surface area contributed by atoms with Gasteiger partial charge in [0.15, 0.2) is 0 Å². The van der Waals surface area contributed by atoms with Crippen LogP contribution >= 0.6 is 0 Å². The first-order valence-electron chi connectivity index (χ1n) is 10.3. The van der Waals surface area contributed by atoms with Crippen molar-refractivity contribution >= 4 is 17.7 Å². The van der Waals surface area contributed by atoms with E-state index in [1.165, 1.54) is 4.90 Å². The van der Waals surface area contributed by atoms with Crippen molar-refractivity contribution in [2.75, 3.05) is 13.6 Å². The molecular formula is C20H31N5O3. The molecular weight excluding hydrogens is 358 g/mol. The smallest absolute Gasteiger partial charge is 0.246 e. The summed E-state index contributed by atoms with van der Waals surface area (Å²) in [5, 5.41) is 12.8. The fourth-order valence-corrected chi connectivity index (χ4v) is 4.81. The molecule has 8 heteroatoms. The third-order valence-corrected chi connectivity index (χ3v) is 6.47. The zero-order valence-electron chi connectivity index (χ0n) is 16.8. The largest absolute Gasteiger partial charge is 0.353 e. The summed E-state index contributed by atoms with van der Waals surface area (Å²) >= 11 is 0. The highest BCUT2D eigenvalue weighted by atomic mass is 16.2. The Hall–Kier alpha value is -2.14. The van der Waals surface area contributed by atoms with Gasteiger partial charge in [0.2, 0.25) is 17.7 Å². The number of fused-ring (bicyclic) bond motifs is 4. The number of nitrogens with zero attached hydrogens (tertiary/aromatic N) is 3. The molecule has 3 heterocycles. The summed E-state index contributed by atoms with van der Waals surface area (Å²) in [6.45, 7) is 2.49. The number of rotatable bonds is 0. The Bertz CT molecular complexity index is 675. The van der Waals surface area contributed by atoms with Crippen LogP contribution in [-0.2, 0) is 14.4 Å². The van der Waals surface area contributed by atoms with Crippen molar-refractivity contribution < 1.29 is 14.4 Å². The molecule has 3 amide bonds. The molecule has 0 aromatic rings. The fourth-order valence-electron chi connectivity index (χ4n) is 4.81. The van der Waals surface area contributed by atoms with Crippen molar-refractivity contribution in [1.29, 1.82) is 5.26 Å². The van der Waals surface area contributed by atoms with Crippen LogP contribution in [0.15, 0.2) is 0 Å². The van der Waals surface area contributed by atoms with E-state index in [9.17, 15) is 19.6 Å². The van der Waals surface area contributed by atoms with Crippen molar-refractivity contribution in [2.24, 2.45) is 17.6 Å². The van der Waals surface area contributed by atoms with Gasteiger partial charge < -0.3 is 20.9 Å².